The Bertz CT molecular complexity index is 697. The molecule has 24 heavy (non-hydrogen) atoms. The van der Waals surface area contributed by atoms with Gasteiger partial charge in [-0.25, -0.2) is 0 Å². The molecule has 1 aromatic rings. The van der Waals surface area contributed by atoms with Gasteiger partial charge >= 0.3 is 0 Å². The molecule has 3 nitrogen and oxygen atoms in total. The highest BCUT2D eigenvalue weighted by Gasteiger charge is 2.59. The second-order valence-corrected chi connectivity index (χ2v) is 9.95. The first-order valence-corrected chi connectivity index (χ1v) is 9.65. The van der Waals surface area contributed by atoms with Crippen LogP contribution in [0, 0.1) is 11.8 Å². The third-order valence-electron chi connectivity index (χ3n) is 5.67. The van der Waals surface area contributed by atoms with Crippen LogP contribution in [0.5, 0.6) is 0 Å². The molecule has 0 aliphatic heterocycles. The fourth-order valence-corrected chi connectivity index (χ4v) is 5.53. The molecule has 3 saturated carbocycles. The molecular weight excluding hydrogens is 342 g/mol. The van der Waals surface area contributed by atoms with E-state index < -0.39 is 10.3 Å². The van der Waals surface area contributed by atoms with Gasteiger partial charge in [-0.15, -0.1) is 11.8 Å². The van der Waals surface area contributed by atoms with E-state index in [1.807, 2.05) is 38.1 Å². The van der Waals surface area contributed by atoms with Crippen molar-refractivity contribution in [1.82, 2.24) is 5.32 Å². The third kappa shape index (κ3) is 2.69. The lowest BCUT2D eigenvalue weighted by Crippen LogP contribution is -2.66. The molecular formula is C19H22ClNO2S. The molecule has 128 valence electrons. The van der Waals surface area contributed by atoms with Gasteiger partial charge < -0.3 is 10.4 Å². The summed E-state index contributed by atoms with van der Waals surface area (Å²) in [7, 11) is 0. The molecule has 2 unspecified atom stereocenters. The second-order valence-electron chi connectivity index (χ2n) is 7.82. The van der Waals surface area contributed by atoms with E-state index in [1.165, 1.54) is 5.57 Å². The number of nitrogens with one attached hydrogen (secondary N) is 1. The molecule has 1 aromatic carbocycles. The standard InChI is InChI=1S/C19H22ClNO2S/c1-18(2,24-12-5-3-11(20)4-6-12)17(22)21-16-14-9-19(23)8-7-13(14)15(16)10-19/h3-7,14-16,23H,8-10H2,1-2H3,(H,21,22)/t14-,15+,16?,19?. The Labute approximate surface area is 151 Å². The van der Waals surface area contributed by atoms with E-state index in [4.69, 9.17) is 11.6 Å². The van der Waals surface area contributed by atoms with Gasteiger partial charge in [0.2, 0.25) is 5.91 Å². The molecule has 5 heteroatoms. The number of halogens is 1. The number of rotatable bonds is 4. The van der Waals surface area contributed by atoms with Crippen LogP contribution < -0.4 is 5.32 Å². The van der Waals surface area contributed by atoms with E-state index in [0.29, 0.717) is 16.9 Å². The van der Waals surface area contributed by atoms with Gasteiger partial charge in [0, 0.05) is 27.8 Å². The predicted molar refractivity (Wildman–Crippen MR) is 97.2 cm³/mol. The summed E-state index contributed by atoms with van der Waals surface area (Å²) in [5, 5.41) is 14.4. The van der Waals surface area contributed by atoms with Crippen molar-refractivity contribution in [2.24, 2.45) is 11.8 Å². The van der Waals surface area contributed by atoms with Gasteiger partial charge in [-0.05, 0) is 57.4 Å². The SMILES string of the molecule is CC(C)(Sc1ccc(Cl)cc1)C(=O)NC1[C@@H]2CC3(O)CC=C2[C@@H]1C3. The van der Waals surface area contributed by atoms with E-state index in [9.17, 15) is 9.90 Å². The van der Waals surface area contributed by atoms with Gasteiger partial charge in [-0.2, -0.15) is 0 Å². The van der Waals surface area contributed by atoms with E-state index in [1.54, 1.807) is 11.8 Å². The van der Waals surface area contributed by atoms with Crippen molar-refractivity contribution < 1.29 is 9.90 Å². The number of thioether (sulfide) groups is 1. The van der Waals surface area contributed by atoms with Crippen LogP contribution in [-0.2, 0) is 4.79 Å². The minimum Gasteiger partial charge on any atom is -0.390 e. The van der Waals surface area contributed by atoms with E-state index in [2.05, 4.69) is 11.4 Å². The number of benzene rings is 1. The fraction of sp³-hybridized carbons (Fsp3) is 0.526. The molecule has 0 radical (unpaired) electrons. The highest BCUT2D eigenvalue weighted by atomic mass is 35.5. The molecule has 4 bridgehead atoms. The van der Waals surface area contributed by atoms with Gasteiger partial charge in [0.15, 0.2) is 0 Å². The highest BCUT2D eigenvalue weighted by Crippen LogP contribution is 2.58. The molecule has 6 rings (SSSR count). The number of carbonyl (C=O) groups is 1. The maximum Gasteiger partial charge on any atom is 0.236 e. The Balaban J connectivity index is 1.42. The minimum atomic E-state index is -0.554. The summed E-state index contributed by atoms with van der Waals surface area (Å²) >= 11 is 7.47. The molecule has 5 aliphatic rings. The number of hydrogen-bond donors (Lipinski definition) is 2. The molecule has 0 saturated heterocycles. The summed E-state index contributed by atoms with van der Waals surface area (Å²) in [6.45, 7) is 3.91. The Morgan fingerprint density at radius 2 is 1.92 bits per heavy atom. The summed E-state index contributed by atoms with van der Waals surface area (Å²) in [5.41, 5.74) is 0.936. The van der Waals surface area contributed by atoms with Crippen molar-refractivity contribution in [3.8, 4) is 0 Å². The van der Waals surface area contributed by atoms with Crippen LogP contribution in [0.4, 0.5) is 0 Å². The van der Waals surface area contributed by atoms with E-state index in [-0.39, 0.29) is 11.9 Å². The van der Waals surface area contributed by atoms with Crippen LogP contribution in [0.3, 0.4) is 0 Å². The van der Waals surface area contributed by atoms with Gasteiger partial charge in [-0.3, -0.25) is 4.79 Å². The van der Waals surface area contributed by atoms with Crippen LogP contribution in [0.1, 0.15) is 33.1 Å². The lowest BCUT2D eigenvalue weighted by Gasteiger charge is -2.60. The first kappa shape index (κ1) is 16.5. The van der Waals surface area contributed by atoms with Gasteiger partial charge in [0.05, 0.1) is 10.3 Å². The molecule has 1 amide bonds. The molecule has 0 spiro atoms. The Hall–Kier alpha value is -0.970. The van der Waals surface area contributed by atoms with Gasteiger partial charge in [-0.1, -0.05) is 23.3 Å². The maximum absolute atomic E-state index is 12.8. The largest absolute Gasteiger partial charge is 0.390 e. The van der Waals surface area contributed by atoms with Crippen molar-refractivity contribution in [3.63, 3.8) is 0 Å². The van der Waals surface area contributed by atoms with E-state index >= 15 is 0 Å². The first-order chi connectivity index (χ1) is 11.3. The monoisotopic (exact) mass is 363 g/mol. The van der Waals surface area contributed by atoms with Crippen molar-refractivity contribution in [3.05, 3.63) is 40.9 Å². The van der Waals surface area contributed by atoms with Crippen molar-refractivity contribution in [2.45, 2.75) is 54.4 Å². The zero-order chi connectivity index (χ0) is 17.1. The average molecular weight is 364 g/mol. The molecule has 0 aromatic heterocycles. The molecule has 5 aliphatic carbocycles. The number of carbonyl (C=O) groups excluding carboxylic acids is 1. The van der Waals surface area contributed by atoms with E-state index in [0.717, 1.165) is 24.2 Å². The Morgan fingerprint density at radius 1 is 1.29 bits per heavy atom. The summed E-state index contributed by atoms with van der Waals surface area (Å²) in [6, 6.07) is 7.77. The lowest BCUT2D eigenvalue weighted by atomic mass is 9.49. The Kier molecular flexibility index (Phi) is 3.79. The topological polar surface area (TPSA) is 49.3 Å². The number of amides is 1. The van der Waals surface area contributed by atoms with Crippen LogP contribution >= 0.6 is 23.4 Å². The molecule has 0 heterocycles. The highest BCUT2D eigenvalue weighted by molar-refractivity contribution is 8.01. The predicted octanol–water partition coefficient (Wildman–Crippen LogP) is 3.80. The van der Waals surface area contributed by atoms with Crippen molar-refractivity contribution in [1.29, 1.82) is 0 Å². The number of aliphatic hydroxyl groups is 1. The summed E-state index contributed by atoms with van der Waals surface area (Å²) in [5.74, 6) is 0.734. The van der Waals surface area contributed by atoms with Crippen molar-refractivity contribution in [2.75, 3.05) is 0 Å². The molecule has 4 atom stereocenters. The Morgan fingerprint density at radius 3 is 2.50 bits per heavy atom. The summed E-state index contributed by atoms with van der Waals surface area (Å²) in [6.07, 6.45) is 4.57. The fourth-order valence-electron chi connectivity index (χ4n) is 4.39. The van der Waals surface area contributed by atoms with Crippen LogP contribution in [0.15, 0.2) is 40.8 Å². The number of fused-ring (bicyclic) bond motifs is 1. The zero-order valence-corrected chi connectivity index (χ0v) is 15.5. The second kappa shape index (κ2) is 5.52. The summed E-state index contributed by atoms with van der Waals surface area (Å²) in [4.78, 5) is 13.8. The third-order valence-corrected chi connectivity index (χ3v) is 7.13. The normalized spacial score (nSPS) is 33.7. The van der Waals surface area contributed by atoms with Crippen LogP contribution in [0.25, 0.3) is 0 Å². The molecule has 3 fully saturated rings. The quantitative estimate of drug-likeness (QED) is 0.632. The maximum atomic E-state index is 12.8. The minimum absolute atomic E-state index is 0.0625. The van der Waals surface area contributed by atoms with Crippen molar-refractivity contribution >= 4 is 29.3 Å². The average Bonchev–Trinajstić information content (AvgIpc) is 2.53. The van der Waals surface area contributed by atoms with Crippen LogP contribution in [-0.4, -0.2) is 27.4 Å². The smallest absolute Gasteiger partial charge is 0.236 e. The van der Waals surface area contributed by atoms with Crippen LogP contribution in [0.2, 0.25) is 5.02 Å². The van der Waals surface area contributed by atoms with Gasteiger partial charge in [0.1, 0.15) is 0 Å². The first-order valence-electron chi connectivity index (χ1n) is 8.45. The zero-order valence-electron chi connectivity index (χ0n) is 13.9. The number of hydrogen-bond acceptors (Lipinski definition) is 3. The summed E-state index contributed by atoms with van der Waals surface area (Å²) < 4.78 is -0.554. The lowest BCUT2D eigenvalue weighted by molar-refractivity contribution is -0.129. The van der Waals surface area contributed by atoms with Gasteiger partial charge in [0.25, 0.3) is 0 Å². The molecule has 2 N–H and O–H groups in total.